The first-order valence-corrected chi connectivity index (χ1v) is 5.64. The van der Waals surface area contributed by atoms with Gasteiger partial charge in [-0.2, -0.15) is 0 Å². The fourth-order valence-electron chi connectivity index (χ4n) is 1.97. The summed E-state index contributed by atoms with van der Waals surface area (Å²) >= 11 is 0. The molecule has 2 aliphatic rings. The highest BCUT2D eigenvalue weighted by Crippen LogP contribution is 2.26. The third kappa shape index (κ3) is 2.95. The molecule has 0 atom stereocenters. The van der Waals surface area contributed by atoms with Crippen molar-refractivity contribution in [2.45, 2.75) is 33.1 Å². The normalized spacial score (nSPS) is 21.5. The van der Waals surface area contributed by atoms with Crippen molar-refractivity contribution in [1.82, 2.24) is 0 Å². The molecule has 0 saturated carbocycles. The van der Waals surface area contributed by atoms with Crippen LogP contribution >= 0.6 is 0 Å². The largest absolute Gasteiger partial charge is 0.0812 e. The third-order valence-corrected chi connectivity index (χ3v) is 2.91. The number of rotatable bonds is 2. The quantitative estimate of drug-likeness (QED) is 0.619. The van der Waals surface area contributed by atoms with Gasteiger partial charge in [0, 0.05) is 12.8 Å². The van der Waals surface area contributed by atoms with Gasteiger partial charge in [0.15, 0.2) is 0 Å². The van der Waals surface area contributed by atoms with Crippen LogP contribution in [-0.2, 0) is 0 Å². The van der Waals surface area contributed by atoms with Crippen LogP contribution in [0.25, 0.3) is 0 Å². The summed E-state index contributed by atoms with van der Waals surface area (Å²) in [6, 6.07) is 0. The minimum absolute atomic E-state index is 1.09. The summed E-state index contributed by atoms with van der Waals surface area (Å²) in [6.45, 7) is 4.36. The van der Waals surface area contributed by atoms with E-state index in [-0.39, 0.29) is 0 Å². The van der Waals surface area contributed by atoms with Gasteiger partial charge >= 0.3 is 0 Å². The van der Waals surface area contributed by atoms with Crippen molar-refractivity contribution in [2.75, 3.05) is 0 Å². The Morgan fingerprint density at radius 1 is 1.07 bits per heavy atom. The minimum atomic E-state index is 1.09. The van der Waals surface area contributed by atoms with Gasteiger partial charge in [0.05, 0.1) is 0 Å². The van der Waals surface area contributed by atoms with Gasteiger partial charge in [0.2, 0.25) is 0 Å². The van der Waals surface area contributed by atoms with E-state index in [0.717, 1.165) is 19.3 Å². The van der Waals surface area contributed by atoms with Crippen LogP contribution < -0.4 is 0 Å². The zero-order chi connectivity index (χ0) is 10.7. The predicted molar refractivity (Wildman–Crippen MR) is 66.1 cm³/mol. The number of hydrogen-bond acceptors (Lipinski definition) is 0. The maximum absolute atomic E-state index is 2.34. The van der Waals surface area contributed by atoms with Crippen molar-refractivity contribution >= 4 is 0 Å². The molecule has 0 aromatic heterocycles. The van der Waals surface area contributed by atoms with Gasteiger partial charge < -0.3 is 0 Å². The summed E-state index contributed by atoms with van der Waals surface area (Å²) in [5.74, 6) is 0. The molecule has 0 bridgehead atoms. The second-order valence-electron chi connectivity index (χ2n) is 4.45. The smallest absolute Gasteiger partial charge is 0.0111 e. The van der Waals surface area contributed by atoms with E-state index in [4.69, 9.17) is 0 Å². The molecule has 78 valence electrons. The van der Waals surface area contributed by atoms with Crippen molar-refractivity contribution < 1.29 is 0 Å². The van der Waals surface area contributed by atoms with E-state index in [1.165, 1.54) is 22.3 Å². The molecule has 0 aromatic carbocycles. The lowest BCUT2D eigenvalue weighted by atomic mass is 9.90. The minimum Gasteiger partial charge on any atom is -0.0812 e. The Morgan fingerprint density at radius 3 is 2.60 bits per heavy atom. The van der Waals surface area contributed by atoms with E-state index in [1.54, 1.807) is 0 Å². The zero-order valence-electron chi connectivity index (χ0n) is 9.59. The first kappa shape index (κ1) is 10.5. The Morgan fingerprint density at radius 2 is 1.93 bits per heavy atom. The summed E-state index contributed by atoms with van der Waals surface area (Å²) in [7, 11) is 0. The average molecular weight is 198 g/mol. The summed E-state index contributed by atoms with van der Waals surface area (Å²) < 4.78 is 0. The van der Waals surface area contributed by atoms with Crippen LogP contribution in [0.4, 0.5) is 0 Å². The second kappa shape index (κ2) is 4.65. The number of hydrogen-bond donors (Lipinski definition) is 0. The van der Waals surface area contributed by atoms with Crippen LogP contribution in [0.5, 0.6) is 0 Å². The molecular weight excluding hydrogens is 180 g/mol. The van der Waals surface area contributed by atoms with Gasteiger partial charge in [-0.1, -0.05) is 46.6 Å². The van der Waals surface area contributed by atoms with Gasteiger partial charge in [0.1, 0.15) is 0 Å². The first-order chi connectivity index (χ1) is 7.24. The van der Waals surface area contributed by atoms with Gasteiger partial charge in [-0.15, -0.1) is 0 Å². The SMILES string of the molecule is CC1=CCC=C(CC2=CCC(C)=C[CH]2)[CH]1. The molecule has 2 radical (unpaired) electrons. The molecule has 0 aromatic rings. The first-order valence-electron chi connectivity index (χ1n) is 5.64. The molecule has 0 fully saturated rings. The molecule has 15 heavy (non-hydrogen) atoms. The molecule has 2 aliphatic carbocycles. The van der Waals surface area contributed by atoms with E-state index in [9.17, 15) is 0 Å². The average Bonchev–Trinajstić information content (AvgIpc) is 2.22. The molecule has 0 N–H and O–H groups in total. The van der Waals surface area contributed by atoms with Gasteiger partial charge in [-0.3, -0.25) is 0 Å². The van der Waals surface area contributed by atoms with Crippen molar-refractivity contribution in [1.29, 1.82) is 0 Å². The van der Waals surface area contributed by atoms with Gasteiger partial charge in [0.25, 0.3) is 0 Å². The van der Waals surface area contributed by atoms with Gasteiger partial charge in [-0.25, -0.2) is 0 Å². The summed E-state index contributed by atoms with van der Waals surface area (Å²) in [4.78, 5) is 0. The Hall–Kier alpha value is -1.04. The van der Waals surface area contributed by atoms with Crippen molar-refractivity contribution in [3.8, 4) is 0 Å². The lowest BCUT2D eigenvalue weighted by molar-refractivity contribution is 1.04. The summed E-state index contributed by atoms with van der Waals surface area (Å²) in [6.07, 6.45) is 17.0. The fourth-order valence-corrected chi connectivity index (χ4v) is 1.97. The Labute approximate surface area is 93.1 Å². The standard InChI is InChI=1S/C15H18/c1-12-6-8-14(9-7-12)11-15-5-3-4-13(2)10-15/h4-6,8-10H,3,7,11H2,1-2H3. The highest BCUT2D eigenvalue weighted by atomic mass is 14.1. The van der Waals surface area contributed by atoms with Crippen molar-refractivity contribution in [3.63, 3.8) is 0 Å². The van der Waals surface area contributed by atoms with Crippen LogP contribution in [-0.4, -0.2) is 0 Å². The Bertz CT molecular complexity index is 361. The van der Waals surface area contributed by atoms with E-state index in [1.807, 2.05) is 0 Å². The number of allylic oxidation sites excluding steroid dienone is 8. The van der Waals surface area contributed by atoms with E-state index in [2.05, 4.69) is 51.0 Å². The molecule has 0 heterocycles. The lowest BCUT2D eigenvalue weighted by Gasteiger charge is -2.16. The van der Waals surface area contributed by atoms with Crippen LogP contribution in [0.15, 0.2) is 46.6 Å². The molecule has 0 saturated heterocycles. The van der Waals surface area contributed by atoms with E-state index >= 15 is 0 Å². The maximum Gasteiger partial charge on any atom is 0.0111 e. The highest BCUT2D eigenvalue weighted by Gasteiger charge is 2.08. The summed E-state index contributed by atoms with van der Waals surface area (Å²) in [5, 5.41) is 0. The van der Waals surface area contributed by atoms with E-state index in [0.29, 0.717) is 0 Å². The lowest BCUT2D eigenvalue weighted by Crippen LogP contribution is -1.97. The molecular formula is C15H18. The molecule has 0 aliphatic heterocycles. The second-order valence-corrected chi connectivity index (χ2v) is 4.45. The fraction of sp³-hybridized carbons (Fsp3) is 0.333. The van der Waals surface area contributed by atoms with Gasteiger partial charge in [-0.05, 0) is 33.1 Å². The molecule has 0 amide bonds. The van der Waals surface area contributed by atoms with Crippen LogP contribution in [0, 0.1) is 12.8 Å². The third-order valence-electron chi connectivity index (χ3n) is 2.91. The Balaban J connectivity index is 1.91. The van der Waals surface area contributed by atoms with Crippen LogP contribution in [0.2, 0.25) is 0 Å². The van der Waals surface area contributed by atoms with E-state index < -0.39 is 0 Å². The Kier molecular flexibility index (Phi) is 3.25. The van der Waals surface area contributed by atoms with Crippen LogP contribution in [0.1, 0.15) is 33.1 Å². The van der Waals surface area contributed by atoms with Crippen molar-refractivity contribution in [3.05, 3.63) is 59.4 Å². The zero-order valence-corrected chi connectivity index (χ0v) is 9.59. The molecule has 2 rings (SSSR count). The molecule has 0 heteroatoms. The molecule has 0 unspecified atom stereocenters. The highest BCUT2D eigenvalue weighted by molar-refractivity contribution is 5.40. The predicted octanol–water partition coefficient (Wildman–Crippen LogP) is 4.34. The van der Waals surface area contributed by atoms with Crippen molar-refractivity contribution in [2.24, 2.45) is 0 Å². The molecule has 0 spiro atoms. The maximum atomic E-state index is 2.34. The molecule has 0 nitrogen and oxygen atoms in total. The van der Waals surface area contributed by atoms with Crippen LogP contribution in [0.3, 0.4) is 0 Å². The monoisotopic (exact) mass is 198 g/mol. The topological polar surface area (TPSA) is 0 Å². The summed E-state index contributed by atoms with van der Waals surface area (Å²) in [5.41, 5.74) is 5.77.